The van der Waals surface area contributed by atoms with Crippen molar-refractivity contribution in [3.05, 3.63) is 34.0 Å². The minimum absolute atomic E-state index is 0.0652. The molecule has 42 heavy (non-hydrogen) atoms. The number of fused-ring (bicyclic) bond motifs is 1. The van der Waals surface area contributed by atoms with E-state index in [0.717, 1.165) is 24.2 Å². The van der Waals surface area contributed by atoms with Gasteiger partial charge in [0, 0.05) is 29.3 Å². The van der Waals surface area contributed by atoms with Crippen LogP contribution in [0, 0.1) is 0 Å². The number of carboxylic acid groups (broad SMARTS) is 2. The van der Waals surface area contributed by atoms with Crippen molar-refractivity contribution < 1.29 is 52.2 Å². The number of carbonyl (C=O) groups excluding carboxylic acids is 3. The lowest BCUT2D eigenvalue weighted by Crippen LogP contribution is -2.71. The zero-order chi connectivity index (χ0) is 30.9. The molecule has 5 N–H and O–H groups in total. The van der Waals surface area contributed by atoms with Gasteiger partial charge >= 0.3 is 18.1 Å². The number of aromatic nitrogens is 1. The second-order valence-electron chi connectivity index (χ2n) is 9.19. The largest absolute Gasteiger partial charge is 0.490 e. The maximum atomic E-state index is 13.0. The zero-order valence-electron chi connectivity index (χ0n) is 21.6. The van der Waals surface area contributed by atoms with Crippen molar-refractivity contribution in [1.82, 2.24) is 20.1 Å². The summed E-state index contributed by atoms with van der Waals surface area (Å²) in [6, 6.07) is -0.660. The zero-order valence-corrected chi connectivity index (χ0v) is 23.2. The fourth-order valence-electron chi connectivity index (χ4n) is 4.37. The number of β-lactam (4-membered cyclic amide) rings is 1. The predicted molar refractivity (Wildman–Crippen MR) is 141 cm³/mol. The van der Waals surface area contributed by atoms with E-state index in [1.54, 1.807) is 6.08 Å². The van der Waals surface area contributed by atoms with Gasteiger partial charge in [0.2, 0.25) is 5.91 Å². The number of anilines is 1. The van der Waals surface area contributed by atoms with E-state index in [-0.39, 0.29) is 33.9 Å². The number of thioether (sulfide) groups is 1. The molecule has 4 aliphatic rings. The molecule has 1 aliphatic carbocycles. The molecule has 1 aromatic rings. The van der Waals surface area contributed by atoms with Crippen LogP contribution in [-0.4, -0.2) is 103 Å². The second-order valence-corrected chi connectivity index (χ2v) is 11.2. The molecule has 2 atom stereocenters. The Morgan fingerprint density at radius 2 is 1.93 bits per heavy atom. The van der Waals surface area contributed by atoms with Gasteiger partial charge in [0.05, 0.1) is 0 Å². The highest BCUT2D eigenvalue weighted by molar-refractivity contribution is 8.00. The Labute approximate surface area is 243 Å². The number of hydrogen-bond donors (Lipinski definition) is 4. The summed E-state index contributed by atoms with van der Waals surface area (Å²) in [5, 5.41) is 24.5. The van der Waals surface area contributed by atoms with Gasteiger partial charge < -0.3 is 31.0 Å². The molecule has 0 spiro atoms. The Hall–Kier alpha value is -4.13. The highest BCUT2D eigenvalue weighted by atomic mass is 32.2. The first-order chi connectivity index (χ1) is 19.7. The maximum Gasteiger partial charge on any atom is 0.490 e. The number of carboxylic acids is 2. The number of hydrogen-bond acceptors (Lipinski definition) is 11. The average molecular weight is 633 g/mol. The number of thiazole rings is 1. The molecule has 3 aliphatic heterocycles. The van der Waals surface area contributed by atoms with E-state index >= 15 is 0 Å². The van der Waals surface area contributed by atoms with Crippen LogP contribution in [0.5, 0.6) is 0 Å². The van der Waals surface area contributed by atoms with Crippen LogP contribution in [0.2, 0.25) is 0 Å². The minimum atomic E-state index is -5.08. The Bertz CT molecular complexity index is 1420. The SMILES string of the molecule is CON=C(C(=O)N[C@@H]1C(=O)N2C(C(=O)O)=C(C=C3CCN(C4CC4)C3=O)CS[C@H]12)c1csc(N)n1.O=C(O)C(F)(F)F. The van der Waals surface area contributed by atoms with Gasteiger partial charge in [0.1, 0.15) is 29.9 Å². The molecule has 4 heterocycles. The van der Waals surface area contributed by atoms with Crippen molar-refractivity contribution in [3.8, 4) is 0 Å². The number of rotatable bonds is 7. The summed E-state index contributed by atoms with van der Waals surface area (Å²) >= 11 is 2.44. The van der Waals surface area contributed by atoms with E-state index in [2.05, 4.69) is 15.5 Å². The van der Waals surface area contributed by atoms with Crippen LogP contribution >= 0.6 is 23.1 Å². The van der Waals surface area contributed by atoms with Gasteiger partial charge in [-0.1, -0.05) is 5.16 Å². The van der Waals surface area contributed by atoms with Crippen molar-refractivity contribution in [1.29, 1.82) is 0 Å². The van der Waals surface area contributed by atoms with Crippen LogP contribution in [-0.2, 0) is 28.8 Å². The molecule has 0 unspecified atom stereocenters. The van der Waals surface area contributed by atoms with E-state index in [1.807, 2.05) is 4.90 Å². The third-order valence-electron chi connectivity index (χ3n) is 6.39. The van der Waals surface area contributed by atoms with E-state index in [0.29, 0.717) is 30.2 Å². The number of amides is 3. The first kappa shape index (κ1) is 30.8. The molecule has 226 valence electrons. The van der Waals surface area contributed by atoms with E-state index in [9.17, 15) is 37.5 Å². The minimum Gasteiger partial charge on any atom is -0.477 e. The molecule has 1 saturated carbocycles. The summed E-state index contributed by atoms with van der Waals surface area (Å²) in [6.45, 7) is 0.632. The first-order valence-corrected chi connectivity index (χ1v) is 14.0. The summed E-state index contributed by atoms with van der Waals surface area (Å²) in [5.74, 6) is -5.05. The number of aliphatic carboxylic acids is 2. The first-order valence-electron chi connectivity index (χ1n) is 12.1. The molecule has 0 radical (unpaired) electrons. The molecule has 3 amide bonds. The number of allylic oxidation sites excluding steroid dienone is 1. The van der Waals surface area contributed by atoms with Crippen molar-refractivity contribution in [3.63, 3.8) is 0 Å². The maximum absolute atomic E-state index is 13.0. The lowest BCUT2D eigenvalue weighted by atomic mass is 10.0. The monoisotopic (exact) mass is 632 g/mol. The molecule has 19 heteroatoms. The van der Waals surface area contributed by atoms with Crippen LogP contribution in [0.15, 0.2) is 33.5 Å². The second kappa shape index (κ2) is 12.0. The summed E-state index contributed by atoms with van der Waals surface area (Å²) in [7, 11) is 1.27. The number of nitrogen functional groups attached to an aromatic ring is 1. The summed E-state index contributed by atoms with van der Waals surface area (Å²) in [5.41, 5.74) is 6.51. The Morgan fingerprint density at radius 3 is 2.45 bits per heavy atom. The Morgan fingerprint density at radius 1 is 1.26 bits per heavy atom. The molecule has 3 fully saturated rings. The van der Waals surface area contributed by atoms with Crippen molar-refractivity contribution in [2.24, 2.45) is 5.16 Å². The Balaban J connectivity index is 0.000000517. The van der Waals surface area contributed by atoms with Crippen LogP contribution in [0.4, 0.5) is 18.3 Å². The number of halogens is 3. The number of likely N-dealkylation sites (tertiary alicyclic amines) is 1. The summed E-state index contributed by atoms with van der Waals surface area (Å²) in [4.78, 5) is 71.3. The standard InChI is InChI=1S/C21H22N6O6S2.C2HF3O2/c1-33-25-13(12-8-35-21(22)23-12)16(28)24-14-18(30)27-15(20(31)32)10(7-34-19(14)27)6-9-4-5-26(17(9)29)11-2-3-11;3-2(4,5)1(6)7/h6,8,11,14,19H,2-5,7H2,1H3,(H2,22,23)(H,24,28)(H,31,32);(H,6,7)/t14-,19-;/m1./s1. The third-order valence-corrected chi connectivity index (χ3v) is 8.36. The average Bonchev–Trinajstić information content (AvgIpc) is 3.57. The lowest BCUT2D eigenvalue weighted by Gasteiger charge is -2.49. The summed E-state index contributed by atoms with van der Waals surface area (Å²) in [6.07, 6.45) is -0.912. The van der Waals surface area contributed by atoms with E-state index in [1.165, 1.54) is 29.2 Å². The van der Waals surface area contributed by atoms with Crippen molar-refractivity contribution in [2.45, 2.75) is 42.9 Å². The highest BCUT2D eigenvalue weighted by Gasteiger charge is 2.54. The van der Waals surface area contributed by atoms with Gasteiger partial charge in [0.15, 0.2) is 10.8 Å². The number of oxime groups is 1. The van der Waals surface area contributed by atoms with Gasteiger partial charge in [-0.05, 0) is 30.9 Å². The smallest absolute Gasteiger partial charge is 0.477 e. The molecular formula is C23H23F3N6O8S2. The van der Waals surface area contributed by atoms with Crippen LogP contribution < -0.4 is 11.1 Å². The summed E-state index contributed by atoms with van der Waals surface area (Å²) < 4.78 is 31.7. The number of nitrogens with zero attached hydrogens (tertiary/aromatic N) is 4. The molecule has 0 bridgehead atoms. The van der Waals surface area contributed by atoms with E-state index < -0.39 is 41.3 Å². The van der Waals surface area contributed by atoms with Gasteiger partial charge in [-0.15, -0.1) is 23.1 Å². The molecular weight excluding hydrogens is 609 g/mol. The fourth-order valence-corrected chi connectivity index (χ4v) is 6.22. The van der Waals surface area contributed by atoms with Crippen molar-refractivity contribution in [2.75, 3.05) is 25.1 Å². The number of nitrogens with two attached hydrogens (primary N) is 1. The van der Waals surface area contributed by atoms with Crippen molar-refractivity contribution >= 4 is 63.6 Å². The van der Waals surface area contributed by atoms with Gasteiger partial charge in [0.25, 0.3) is 11.8 Å². The van der Waals surface area contributed by atoms with Crippen LogP contribution in [0.3, 0.4) is 0 Å². The van der Waals surface area contributed by atoms with Crippen LogP contribution in [0.25, 0.3) is 0 Å². The predicted octanol–water partition coefficient (Wildman–Crippen LogP) is 0.769. The molecule has 2 saturated heterocycles. The van der Waals surface area contributed by atoms with Gasteiger partial charge in [-0.3, -0.25) is 19.3 Å². The molecule has 1 aromatic heterocycles. The number of carbonyl (C=O) groups is 5. The number of alkyl halides is 3. The quantitative estimate of drug-likeness (QED) is 0.143. The topological polar surface area (TPSA) is 205 Å². The normalized spacial score (nSPS) is 23.2. The van der Waals surface area contributed by atoms with Gasteiger partial charge in [-0.2, -0.15) is 13.2 Å². The molecule has 14 nitrogen and oxygen atoms in total. The van der Waals surface area contributed by atoms with E-state index in [4.69, 9.17) is 20.5 Å². The molecule has 5 rings (SSSR count). The van der Waals surface area contributed by atoms with Gasteiger partial charge in [-0.25, -0.2) is 14.6 Å². The third kappa shape index (κ3) is 6.35. The highest BCUT2D eigenvalue weighted by Crippen LogP contribution is 2.42. The lowest BCUT2D eigenvalue weighted by molar-refractivity contribution is -0.192. The fraction of sp³-hybridized carbons (Fsp3) is 0.435. The van der Waals surface area contributed by atoms with Crippen LogP contribution in [0.1, 0.15) is 25.0 Å². The Kier molecular flexibility index (Phi) is 8.81. The number of nitrogens with one attached hydrogen (secondary N) is 1. The molecule has 0 aromatic carbocycles.